The average molecular weight is 257 g/mol. The van der Waals surface area contributed by atoms with Gasteiger partial charge in [-0.3, -0.25) is 4.79 Å². The van der Waals surface area contributed by atoms with Crippen LogP contribution in [-0.2, 0) is 0 Å². The number of carbonyl (C=O) groups excluding carboxylic acids is 1. The summed E-state index contributed by atoms with van der Waals surface area (Å²) in [5.41, 5.74) is 6.89. The van der Waals surface area contributed by atoms with Crippen molar-refractivity contribution in [2.75, 3.05) is 0 Å². The lowest BCUT2D eigenvalue weighted by molar-refractivity contribution is 0.0901. The van der Waals surface area contributed by atoms with Crippen molar-refractivity contribution in [3.8, 4) is 11.3 Å². The highest BCUT2D eigenvalue weighted by Crippen LogP contribution is 2.21. The molecule has 0 aliphatic heterocycles. The summed E-state index contributed by atoms with van der Waals surface area (Å²) >= 11 is 0. The molecular weight excluding hydrogens is 242 g/mol. The Balaban J connectivity index is 1.69. The van der Waals surface area contributed by atoms with Gasteiger partial charge in [0.15, 0.2) is 11.5 Å². The van der Waals surface area contributed by atoms with Gasteiger partial charge in [0.05, 0.1) is 0 Å². The molecule has 19 heavy (non-hydrogen) atoms. The topological polar surface area (TPSA) is 81.1 Å². The van der Waals surface area contributed by atoms with Gasteiger partial charge in [-0.15, -0.1) is 0 Å². The van der Waals surface area contributed by atoms with Crippen molar-refractivity contribution >= 4 is 5.91 Å². The first-order chi connectivity index (χ1) is 9.22. The predicted octanol–water partition coefficient (Wildman–Crippen LogP) is 1.56. The number of nitrogens with one attached hydrogen (secondary N) is 1. The van der Waals surface area contributed by atoms with Gasteiger partial charge >= 0.3 is 0 Å². The number of carbonyl (C=O) groups is 1. The lowest BCUT2D eigenvalue weighted by atomic mass is 9.87. The summed E-state index contributed by atoms with van der Waals surface area (Å²) in [6.07, 6.45) is 1.66. The molecule has 1 amide bonds. The Kier molecular flexibility index (Phi) is 3.05. The van der Waals surface area contributed by atoms with Gasteiger partial charge in [0.1, 0.15) is 0 Å². The van der Waals surface area contributed by atoms with Crippen LogP contribution < -0.4 is 11.1 Å². The highest BCUT2D eigenvalue weighted by atomic mass is 16.5. The van der Waals surface area contributed by atoms with Crippen molar-refractivity contribution in [1.29, 1.82) is 0 Å². The predicted molar refractivity (Wildman–Crippen MR) is 70.4 cm³/mol. The van der Waals surface area contributed by atoms with E-state index in [0.29, 0.717) is 11.5 Å². The fraction of sp³-hybridized carbons (Fsp3) is 0.286. The summed E-state index contributed by atoms with van der Waals surface area (Å²) in [7, 11) is 0. The number of amides is 1. The van der Waals surface area contributed by atoms with Gasteiger partial charge in [-0.1, -0.05) is 35.5 Å². The monoisotopic (exact) mass is 257 g/mol. The Morgan fingerprint density at radius 2 is 2.05 bits per heavy atom. The highest BCUT2D eigenvalue weighted by molar-refractivity contribution is 5.93. The van der Waals surface area contributed by atoms with Crippen molar-refractivity contribution in [1.82, 2.24) is 10.5 Å². The molecule has 0 radical (unpaired) electrons. The molecule has 1 heterocycles. The molecule has 1 aromatic heterocycles. The van der Waals surface area contributed by atoms with Crippen LogP contribution in [0.15, 0.2) is 40.9 Å². The molecule has 0 atom stereocenters. The van der Waals surface area contributed by atoms with Crippen LogP contribution in [0.4, 0.5) is 0 Å². The largest absolute Gasteiger partial charge is 0.355 e. The molecule has 1 fully saturated rings. The lowest BCUT2D eigenvalue weighted by Crippen LogP contribution is -2.50. The van der Waals surface area contributed by atoms with E-state index < -0.39 is 0 Å². The molecule has 1 saturated carbocycles. The van der Waals surface area contributed by atoms with E-state index >= 15 is 0 Å². The first-order valence-corrected chi connectivity index (χ1v) is 6.31. The van der Waals surface area contributed by atoms with Crippen LogP contribution in [0.5, 0.6) is 0 Å². The normalized spacial score (nSPS) is 21.7. The minimum absolute atomic E-state index is 0.166. The summed E-state index contributed by atoms with van der Waals surface area (Å²) < 4.78 is 5.19. The Morgan fingerprint density at radius 1 is 1.32 bits per heavy atom. The number of aromatic nitrogens is 1. The zero-order valence-electron chi connectivity index (χ0n) is 10.4. The van der Waals surface area contributed by atoms with Crippen molar-refractivity contribution in [3.63, 3.8) is 0 Å². The van der Waals surface area contributed by atoms with Gasteiger partial charge in [-0.05, 0) is 12.8 Å². The van der Waals surface area contributed by atoms with Gasteiger partial charge in [-0.25, -0.2) is 0 Å². The maximum Gasteiger partial charge on any atom is 0.273 e. The molecule has 0 unspecified atom stereocenters. The van der Waals surface area contributed by atoms with Crippen LogP contribution in [0.2, 0.25) is 0 Å². The Hall–Kier alpha value is -2.14. The van der Waals surface area contributed by atoms with Gasteiger partial charge < -0.3 is 15.6 Å². The van der Waals surface area contributed by atoms with Gasteiger partial charge in [0.2, 0.25) is 0 Å². The number of nitrogens with zero attached hydrogens (tertiary/aromatic N) is 1. The van der Waals surface area contributed by atoms with E-state index in [-0.39, 0.29) is 18.0 Å². The second kappa shape index (κ2) is 4.85. The SMILES string of the molecule is NC1CC(NC(=O)c2cc(-c3ccccc3)on2)C1. The first kappa shape index (κ1) is 11.9. The van der Waals surface area contributed by atoms with Crippen LogP contribution in [-0.4, -0.2) is 23.1 Å². The van der Waals surface area contributed by atoms with Gasteiger partial charge in [0.25, 0.3) is 5.91 Å². The fourth-order valence-corrected chi connectivity index (χ4v) is 2.16. The third-order valence-corrected chi connectivity index (χ3v) is 3.31. The second-order valence-corrected chi connectivity index (χ2v) is 4.84. The number of hydrogen-bond acceptors (Lipinski definition) is 4. The van der Waals surface area contributed by atoms with Gasteiger partial charge in [0, 0.05) is 23.7 Å². The minimum atomic E-state index is -0.206. The summed E-state index contributed by atoms with van der Waals surface area (Å²) in [6.45, 7) is 0. The maximum absolute atomic E-state index is 11.9. The molecular formula is C14H15N3O2. The third kappa shape index (κ3) is 2.51. The number of benzene rings is 1. The molecule has 1 aliphatic carbocycles. The van der Waals surface area contributed by atoms with Crippen LogP contribution in [0.25, 0.3) is 11.3 Å². The van der Waals surface area contributed by atoms with E-state index in [0.717, 1.165) is 18.4 Å². The fourth-order valence-electron chi connectivity index (χ4n) is 2.16. The molecule has 3 N–H and O–H groups in total. The lowest BCUT2D eigenvalue weighted by Gasteiger charge is -2.32. The molecule has 1 aliphatic rings. The van der Waals surface area contributed by atoms with Crippen molar-refractivity contribution in [2.45, 2.75) is 24.9 Å². The summed E-state index contributed by atoms with van der Waals surface area (Å²) in [6, 6.07) is 11.6. The molecule has 5 nitrogen and oxygen atoms in total. The van der Waals surface area contributed by atoms with E-state index in [9.17, 15) is 4.79 Å². The second-order valence-electron chi connectivity index (χ2n) is 4.84. The summed E-state index contributed by atoms with van der Waals surface area (Å²) in [5, 5.41) is 6.69. The Bertz CT molecular complexity index is 573. The van der Waals surface area contributed by atoms with Crippen LogP contribution >= 0.6 is 0 Å². The zero-order chi connectivity index (χ0) is 13.2. The molecule has 98 valence electrons. The Labute approximate surface area is 110 Å². The van der Waals surface area contributed by atoms with Gasteiger partial charge in [-0.2, -0.15) is 0 Å². The van der Waals surface area contributed by atoms with E-state index in [2.05, 4.69) is 10.5 Å². The zero-order valence-corrected chi connectivity index (χ0v) is 10.4. The van der Waals surface area contributed by atoms with Crippen LogP contribution in [0.3, 0.4) is 0 Å². The van der Waals surface area contributed by atoms with Crippen LogP contribution in [0, 0.1) is 0 Å². The Morgan fingerprint density at radius 3 is 2.74 bits per heavy atom. The molecule has 2 aromatic rings. The standard InChI is InChI=1S/C14H15N3O2/c15-10-6-11(7-10)16-14(18)12-8-13(19-17-12)9-4-2-1-3-5-9/h1-5,8,10-11H,6-7,15H2,(H,16,18). The minimum Gasteiger partial charge on any atom is -0.355 e. The molecule has 0 saturated heterocycles. The van der Waals surface area contributed by atoms with Crippen molar-refractivity contribution in [2.24, 2.45) is 5.73 Å². The number of hydrogen-bond donors (Lipinski definition) is 2. The average Bonchev–Trinajstić information content (AvgIpc) is 2.87. The molecule has 0 bridgehead atoms. The first-order valence-electron chi connectivity index (χ1n) is 6.31. The van der Waals surface area contributed by atoms with Crippen LogP contribution in [0.1, 0.15) is 23.3 Å². The summed E-state index contributed by atoms with van der Waals surface area (Å²) in [4.78, 5) is 11.9. The molecule has 3 rings (SSSR count). The molecule has 0 spiro atoms. The maximum atomic E-state index is 11.9. The smallest absolute Gasteiger partial charge is 0.273 e. The van der Waals surface area contributed by atoms with E-state index in [1.165, 1.54) is 0 Å². The van der Waals surface area contributed by atoms with E-state index in [4.69, 9.17) is 10.3 Å². The van der Waals surface area contributed by atoms with Crippen molar-refractivity contribution < 1.29 is 9.32 Å². The van der Waals surface area contributed by atoms with Crippen molar-refractivity contribution in [3.05, 3.63) is 42.1 Å². The highest BCUT2D eigenvalue weighted by Gasteiger charge is 2.28. The molecule has 5 heteroatoms. The summed E-state index contributed by atoms with van der Waals surface area (Å²) in [5.74, 6) is 0.388. The number of rotatable bonds is 3. The third-order valence-electron chi connectivity index (χ3n) is 3.31. The molecule has 1 aromatic carbocycles. The quantitative estimate of drug-likeness (QED) is 0.874. The van der Waals surface area contributed by atoms with E-state index in [1.807, 2.05) is 30.3 Å². The van der Waals surface area contributed by atoms with E-state index in [1.54, 1.807) is 6.07 Å². The number of nitrogens with two attached hydrogens (primary N) is 1.